The van der Waals surface area contributed by atoms with Crippen LogP contribution in [0.2, 0.25) is 0 Å². The van der Waals surface area contributed by atoms with E-state index in [0.29, 0.717) is 12.5 Å². The van der Waals surface area contributed by atoms with E-state index >= 15 is 0 Å². The Morgan fingerprint density at radius 2 is 2.08 bits per heavy atom. The molecule has 1 rings (SSSR count). The summed E-state index contributed by atoms with van der Waals surface area (Å²) in [5.74, 6) is 0.593. The summed E-state index contributed by atoms with van der Waals surface area (Å²) in [4.78, 5) is 7.91. The third-order valence-corrected chi connectivity index (χ3v) is 1.55. The standard InChI is InChI=1S/C9H16N3O/c1-12(2,3)6-7-13-9-8-10-4-5-11-9/h4-5,8H,6-7H2,1-3H3/q+1. The van der Waals surface area contributed by atoms with Crippen molar-refractivity contribution in [1.82, 2.24) is 9.97 Å². The molecule has 0 aliphatic carbocycles. The van der Waals surface area contributed by atoms with Crippen molar-refractivity contribution in [3.63, 3.8) is 0 Å². The fourth-order valence-electron chi connectivity index (χ4n) is 0.784. The molecule has 1 aromatic rings. The molecule has 1 heterocycles. The second kappa shape index (κ2) is 4.18. The lowest BCUT2D eigenvalue weighted by Crippen LogP contribution is -2.38. The molecule has 0 aliphatic rings. The SMILES string of the molecule is C[N+](C)(C)CCOc1cnccn1. The summed E-state index contributed by atoms with van der Waals surface area (Å²) in [5.41, 5.74) is 0. The highest BCUT2D eigenvalue weighted by Crippen LogP contribution is 2.00. The highest BCUT2D eigenvalue weighted by Gasteiger charge is 2.06. The highest BCUT2D eigenvalue weighted by atomic mass is 16.5. The zero-order chi connectivity index (χ0) is 9.73. The van der Waals surface area contributed by atoms with Crippen LogP contribution in [-0.4, -0.2) is 48.7 Å². The van der Waals surface area contributed by atoms with Gasteiger partial charge in [0.05, 0.1) is 27.3 Å². The summed E-state index contributed by atoms with van der Waals surface area (Å²) in [6.07, 6.45) is 4.88. The molecular formula is C9H16N3O+. The van der Waals surface area contributed by atoms with E-state index in [1.54, 1.807) is 18.6 Å². The van der Waals surface area contributed by atoms with Gasteiger partial charge in [0.25, 0.3) is 0 Å². The Balaban J connectivity index is 2.29. The van der Waals surface area contributed by atoms with Crippen molar-refractivity contribution >= 4 is 0 Å². The summed E-state index contributed by atoms with van der Waals surface area (Å²) in [6.45, 7) is 1.62. The first kappa shape index (κ1) is 9.92. The van der Waals surface area contributed by atoms with E-state index in [1.165, 1.54) is 0 Å². The van der Waals surface area contributed by atoms with E-state index < -0.39 is 0 Å². The van der Waals surface area contributed by atoms with Gasteiger partial charge in [-0.3, -0.25) is 4.98 Å². The van der Waals surface area contributed by atoms with E-state index in [1.807, 2.05) is 0 Å². The number of quaternary nitrogens is 1. The van der Waals surface area contributed by atoms with Crippen LogP contribution in [0.15, 0.2) is 18.6 Å². The molecule has 0 spiro atoms. The summed E-state index contributed by atoms with van der Waals surface area (Å²) in [7, 11) is 6.38. The number of rotatable bonds is 4. The minimum absolute atomic E-state index is 0.593. The first-order valence-corrected chi connectivity index (χ1v) is 4.27. The number of hydrogen-bond acceptors (Lipinski definition) is 3. The van der Waals surface area contributed by atoms with Crippen molar-refractivity contribution in [3.8, 4) is 5.88 Å². The van der Waals surface area contributed by atoms with Gasteiger partial charge in [0, 0.05) is 12.4 Å². The minimum atomic E-state index is 0.593. The summed E-state index contributed by atoms with van der Waals surface area (Å²) >= 11 is 0. The number of nitrogens with zero attached hydrogens (tertiary/aromatic N) is 3. The Bertz CT molecular complexity index is 243. The molecule has 0 N–H and O–H groups in total. The normalized spacial score (nSPS) is 11.3. The summed E-state index contributed by atoms with van der Waals surface area (Å²) < 4.78 is 6.28. The zero-order valence-corrected chi connectivity index (χ0v) is 8.40. The molecule has 0 saturated heterocycles. The molecule has 0 saturated carbocycles. The average Bonchev–Trinajstić information content (AvgIpc) is 2.04. The van der Waals surface area contributed by atoms with E-state index in [9.17, 15) is 0 Å². The first-order valence-electron chi connectivity index (χ1n) is 4.27. The third-order valence-electron chi connectivity index (χ3n) is 1.55. The Morgan fingerprint density at radius 3 is 2.62 bits per heavy atom. The highest BCUT2D eigenvalue weighted by molar-refractivity contribution is 5.00. The number of likely N-dealkylation sites (N-methyl/N-ethyl adjacent to an activating group) is 1. The predicted octanol–water partition coefficient (Wildman–Crippen LogP) is 0.562. The second-order valence-electron chi connectivity index (χ2n) is 3.91. The molecule has 4 nitrogen and oxygen atoms in total. The number of aromatic nitrogens is 2. The number of hydrogen-bond donors (Lipinski definition) is 0. The van der Waals surface area contributed by atoms with Crippen LogP contribution in [0.3, 0.4) is 0 Å². The molecule has 0 unspecified atom stereocenters. The maximum absolute atomic E-state index is 5.39. The molecule has 0 bridgehead atoms. The molecule has 13 heavy (non-hydrogen) atoms. The van der Waals surface area contributed by atoms with Gasteiger partial charge < -0.3 is 9.22 Å². The Morgan fingerprint density at radius 1 is 1.31 bits per heavy atom. The van der Waals surface area contributed by atoms with Gasteiger partial charge in [0.1, 0.15) is 13.2 Å². The Hall–Kier alpha value is -1.16. The van der Waals surface area contributed by atoms with Crippen LogP contribution in [-0.2, 0) is 0 Å². The Kier molecular flexibility index (Phi) is 3.19. The fraction of sp³-hybridized carbons (Fsp3) is 0.556. The van der Waals surface area contributed by atoms with Gasteiger partial charge in [0.2, 0.25) is 5.88 Å². The quantitative estimate of drug-likeness (QED) is 0.638. The van der Waals surface area contributed by atoms with Crippen molar-refractivity contribution in [2.24, 2.45) is 0 Å². The topological polar surface area (TPSA) is 35.0 Å². The maximum Gasteiger partial charge on any atom is 0.232 e. The molecule has 72 valence electrons. The van der Waals surface area contributed by atoms with Gasteiger partial charge in [0.15, 0.2) is 0 Å². The molecule has 1 aromatic heterocycles. The van der Waals surface area contributed by atoms with E-state index in [4.69, 9.17) is 4.74 Å². The molecule has 0 amide bonds. The monoisotopic (exact) mass is 182 g/mol. The van der Waals surface area contributed by atoms with E-state index in [2.05, 4.69) is 31.1 Å². The van der Waals surface area contributed by atoms with Crippen LogP contribution in [0, 0.1) is 0 Å². The molecule has 0 radical (unpaired) electrons. The van der Waals surface area contributed by atoms with Crippen LogP contribution < -0.4 is 4.74 Å². The first-order chi connectivity index (χ1) is 6.08. The Labute approximate surface area is 78.8 Å². The fourth-order valence-corrected chi connectivity index (χ4v) is 0.784. The van der Waals surface area contributed by atoms with Gasteiger partial charge in [-0.2, -0.15) is 0 Å². The van der Waals surface area contributed by atoms with Gasteiger partial charge in [-0.1, -0.05) is 0 Å². The van der Waals surface area contributed by atoms with Gasteiger partial charge in [-0.25, -0.2) is 4.98 Å². The van der Waals surface area contributed by atoms with Gasteiger partial charge >= 0.3 is 0 Å². The largest absolute Gasteiger partial charge is 0.471 e. The molecule has 0 atom stereocenters. The lowest BCUT2D eigenvalue weighted by Gasteiger charge is -2.23. The molecule has 4 heteroatoms. The minimum Gasteiger partial charge on any atom is -0.471 e. The smallest absolute Gasteiger partial charge is 0.232 e. The lowest BCUT2D eigenvalue weighted by atomic mass is 10.5. The molecular weight excluding hydrogens is 166 g/mol. The van der Waals surface area contributed by atoms with Crippen molar-refractivity contribution in [2.75, 3.05) is 34.3 Å². The third kappa shape index (κ3) is 4.42. The van der Waals surface area contributed by atoms with Crippen LogP contribution in [0.5, 0.6) is 5.88 Å². The summed E-state index contributed by atoms with van der Waals surface area (Å²) in [5, 5.41) is 0. The molecule has 0 fully saturated rings. The van der Waals surface area contributed by atoms with Crippen molar-refractivity contribution in [3.05, 3.63) is 18.6 Å². The number of ether oxygens (including phenoxy) is 1. The zero-order valence-electron chi connectivity index (χ0n) is 8.40. The van der Waals surface area contributed by atoms with Gasteiger partial charge in [-0.05, 0) is 0 Å². The lowest BCUT2D eigenvalue weighted by molar-refractivity contribution is -0.870. The van der Waals surface area contributed by atoms with Crippen molar-refractivity contribution in [1.29, 1.82) is 0 Å². The molecule has 0 aromatic carbocycles. The summed E-state index contributed by atoms with van der Waals surface area (Å²) in [6, 6.07) is 0. The van der Waals surface area contributed by atoms with Crippen molar-refractivity contribution < 1.29 is 9.22 Å². The maximum atomic E-state index is 5.39. The molecule has 0 aliphatic heterocycles. The predicted molar refractivity (Wildman–Crippen MR) is 50.4 cm³/mol. The van der Waals surface area contributed by atoms with Crippen molar-refractivity contribution in [2.45, 2.75) is 0 Å². The van der Waals surface area contributed by atoms with Gasteiger partial charge in [-0.15, -0.1) is 0 Å². The van der Waals surface area contributed by atoms with E-state index in [-0.39, 0.29) is 0 Å². The van der Waals surface area contributed by atoms with Crippen LogP contribution >= 0.6 is 0 Å². The van der Waals surface area contributed by atoms with E-state index in [0.717, 1.165) is 11.0 Å². The van der Waals surface area contributed by atoms with Crippen LogP contribution in [0.1, 0.15) is 0 Å². The van der Waals surface area contributed by atoms with Crippen LogP contribution in [0.25, 0.3) is 0 Å². The average molecular weight is 182 g/mol. The second-order valence-corrected chi connectivity index (χ2v) is 3.91. The van der Waals surface area contributed by atoms with Crippen LogP contribution in [0.4, 0.5) is 0 Å².